The van der Waals surface area contributed by atoms with Crippen molar-refractivity contribution >= 4 is 11.6 Å². The third kappa shape index (κ3) is 2.76. The van der Waals surface area contributed by atoms with Crippen molar-refractivity contribution in [3.05, 3.63) is 89.4 Å². The highest BCUT2D eigenvalue weighted by molar-refractivity contribution is 6.05. The van der Waals surface area contributed by atoms with E-state index in [1.807, 2.05) is 11.0 Å². The number of nitrogens with zero attached hydrogens (tertiary/aromatic N) is 1. The Balaban J connectivity index is 1.83. The Labute approximate surface area is 147 Å². The molecule has 4 rings (SSSR count). The molecule has 126 valence electrons. The number of rotatable bonds is 2. The van der Waals surface area contributed by atoms with Gasteiger partial charge in [-0.25, -0.2) is 0 Å². The molecular weight excluding hydrogens is 310 g/mol. The summed E-state index contributed by atoms with van der Waals surface area (Å²) >= 11 is 0. The topological polar surface area (TPSA) is 33.5 Å². The van der Waals surface area contributed by atoms with Gasteiger partial charge < -0.3 is 9.32 Å². The fraction of sp³-hybridized carbons (Fsp3) is 0.227. The number of amides is 1. The number of aryl methyl sites for hydroxylation is 1. The summed E-state index contributed by atoms with van der Waals surface area (Å²) in [5.74, 6) is 0.609. The van der Waals surface area contributed by atoms with Gasteiger partial charge in [0.1, 0.15) is 0 Å². The van der Waals surface area contributed by atoms with Gasteiger partial charge in [-0.1, -0.05) is 48.0 Å². The van der Waals surface area contributed by atoms with Crippen LogP contribution in [0.15, 0.2) is 71.3 Å². The minimum Gasteiger partial charge on any atom is -0.459 e. The fourth-order valence-corrected chi connectivity index (χ4v) is 3.81. The van der Waals surface area contributed by atoms with Gasteiger partial charge >= 0.3 is 0 Å². The molecule has 1 amide bonds. The Morgan fingerprint density at radius 3 is 2.60 bits per heavy atom. The van der Waals surface area contributed by atoms with Crippen LogP contribution in [0.5, 0.6) is 0 Å². The lowest BCUT2D eigenvalue weighted by Crippen LogP contribution is -2.43. The van der Waals surface area contributed by atoms with E-state index >= 15 is 0 Å². The predicted octanol–water partition coefficient (Wildman–Crippen LogP) is 5.16. The van der Waals surface area contributed by atoms with Crippen LogP contribution in [-0.4, -0.2) is 11.9 Å². The monoisotopic (exact) mass is 331 g/mol. The summed E-state index contributed by atoms with van der Waals surface area (Å²) in [5.41, 5.74) is 4.70. The van der Waals surface area contributed by atoms with Crippen molar-refractivity contribution in [3.8, 4) is 0 Å². The summed E-state index contributed by atoms with van der Waals surface area (Å²) in [6.45, 7) is 4.21. The Hall–Kier alpha value is -2.81. The maximum absolute atomic E-state index is 13.0. The second kappa shape index (κ2) is 6.25. The third-order valence-electron chi connectivity index (χ3n) is 4.99. The van der Waals surface area contributed by atoms with Gasteiger partial charge in [0.15, 0.2) is 5.76 Å². The molecule has 1 aliphatic rings. The molecule has 0 spiro atoms. The molecule has 2 atom stereocenters. The van der Waals surface area contributed by atoms with Crippen LogP contribution < -0.4 is 4.90 Å². The van der Waals surface area contributed by atoms with E-state index in [0.717, 1.165) is 12.1 Å². The number of hydrogen-bond donors (Lipinski definition) is 0. The number of anilines is 1. The molecule has 0 N–H and O–H groups in total. The van der Waals surface area contributed by atoms with Crippen molar-refractivity contribution in [3.63, 3.8) is 0 Å². The van der Waals surface area contributed by atoms with Crippen LogP contribution in [-0.2, 0) is 0 Å². The molecule has 0 bridgehead atoms. The van der Waals surface area contributed by atoms with Gasteiger partial charge in [0.05, 0.1) is 6.26 Å². The molecule has 3 nitrogen and oxygen atoms in total. The second-order valence-corrected chi connectivity index (χ2v) is 6.76. The summed E-state index contributed by atoms with van der Waals surface area (Å²) in [6, 6.07) is 20.5. The van der Waals surface area contributed by atoms with Crippen molar-refractivity contribution in [2.75, 3.05) is 4.90 Å². The number of carbonyl (C=O) groups excluding carboxylic acids is 1. The molecule has 0 saturated heterocycles. The Morgan fingerprint density at radius 1 is 1.08 bits per heavy atom. The lowest BCUT2D eigenvalue weighted by atomic mass is 9.80. The maximum Gasteiger partial charge on any atom is 0.294 e. The predicted molar refractivity (Wildman–Crippen MR) is 99.1 cm³/mol. The lowest BCUT2D eigenvalue weighted by Gasteiger charge is -2.39. The molecule has 2 aromatic carbocycles. The van der Waals surface area contributed by atoms with Gasteiger partial charge in [0, 0.05) is 17.6 Å². The largest absolute Gasteiger partial charge is 0.459 e. The molecule has 3 aromatic rings. The summed E-state index contributed by atoms with van der Waals surface area (Å²) in [7, 11) is 0. The molecule has 1 aromatic heterocycles. The first kappa shape index (κ1) is 15.7. The van der Waals surface area contributed by atoms with Crippen LogP contribution in [0.25, 0.3) is 0 Å². The van der Waals surface area contributed by atoms with Crippen LogP contribution >= 0.6 is 0 Å². The molecule has 0 fully saturated rings. The van der Waals surface area contributed by atoms with E-state index in [2.05, 4.69) is 56.3 Å². The van der Waals surface area contributed by atoms with Gasteiger partial charge in [-0.2, -0.15) is 0 Å². The van der Waals surface area contributed by atoms with Crippen LogP contribution in [0, 0.1) is 6.92 Å². The zero-order valence-corrected chi connectivity index (χ0v) is 14.5. The Morgan fingerprint density at radius 2 is 1.88 bits per heavy atom. The molecule has 0 radical (unpaired) electrons. The van der Waals surface area contributed by atoms with Crippen molar-refractivity contribution in [2.24, 2.45) is 0 Å². The number of fused-ring (bicyclic) bond motifs is 1. The number of furan rings is 1. The minimum absolute atomic E-state index is 0.0749. The highest BCUT2D eigenvalue weighted by atomic mass is 16.3. The minimum atomic E-state index is -0.0749. The summed E-state index contributed by atoms with van der Waals surface area (Å²) in [6.07, 6.45) is 2.44. The lowest BCUT2D eigenvalue weighted by molar-refractivity contribution is 0.0947. The third-order valence-corrected chi connectivity index (χ3v) is 4.99. The highest BCUT2D eigenvalue weighted by Gasteiger charge is 2.35. The van der Waals surface area contributed by atoms with Crippen molar-refractivity contribution in [2.45, 2.75) is 32.2 Å². The fourth-order valence-electron chi connectivity index (χ4n) is 3.81. The molecule has 3 heteroatoms. The molecule has 0 unspecified atom stereocenters. The van der Waals surface area contributed by atoms with Gasteiger partial charge in [0.2, 0.25) is 0 Å². The van der Waals surface area contributed by atoms with Crippen LogP contribution in [0.2, 0.25) is 0 Å². The first-order valence-corrected chi connectivity index (χ1v) is 8.67. The average molecular weight is 331 g/mol. The van der Waals surface area contributed by atoms with E-state index in [0.29, 0.717) is 11.7 Å². The van der Waals surface area contributed by atoms with Gasteiger partial charge in [-0.3, -0.25) is 4.79 Å². The summed E-state index contributed by atoms with van der Waals surface area (Å²) in [4.78, 5) is 14.9. The maximum atomic E-state index is 13.0. The van der Waals surface area contributed by atoms with E-state index < -0.39 is 0 Å². The summed E-state index contributed by atoms with van der Waals surface area (Å²) in [5, 5.41) is 0. The molecule has 1 aliphatic heterocycles. The first-order chi connectivity index (χ1) is 12.1. The Bertz CT molecular complexity index is 884. The van der Waals surface area contributed by atoms with Crippen molar-refractivity contribution in [1.82, 2.24) is 0 Å². The van der Waals surface area contributed by atoms with Crippen molar-refractivity contribution in [1.29, 1.82) is 0 Å². The average Bonchev–Trinajstić information content (AvgIpc) is 3.16. The SMILES string of the molecule is Cc1ccc2c(c1)[C@@H](c1ccccc1)C[C@@H](C)N2C(=O)c1ccco1. The number of hydrogen-bond acceptors (Lipinski definition) is 2. The quantitative estimate of drug-likeness (QED) is 0.650. The van der Waals surface area contributed by atoms with Crippen LogP contribution in [0.3, 0.4) is 0 Å². The van der Waals surface area contributed by atoms with Gasteiger partial charge in [-0.15, -0.1) is 0 Å². The Kier molecular flexibility index (Phi) is 3.92. The standard InChI is InChI=1S/C22H21NO2/c1-15-10-11-20-19(13-15)18(17-7-4-3-5-8-17)14-16(2)23(20)22(24)21-9-6-12-25-21/h3-13,16,18H,14H2,1-2H3/t16-,18-/m1/s1. The molecular formula is C22H21NO2. The molecule has 2 heterocycles. The zero-order valence-electron chi connectivity index (χ0n) is 14.5. The molecule has 25 heavy (non-hydrogen) atoms. The first-order valence-electron chi connectivity index (χ1n) is 8.67. The molecule has 0 saturated carbocycles. The van der Waals surface area contributed by atoms with E-state index in [4.69, 9.17) is 4.42 Å². The normalized spacial score (nSPS) is 19.5. The van der Waals surface area contributed by atoms with Gasteiger partial charge in [0.25, 0.3) is 5.91 Å². The zero-order chi connectivity index (χ0) is 17.4. The second-order valence-electron chi connectivity index (χ2n) is 6.76. The van der Waals surface area contributed by atoms with Crippen molar-refractivity contribution < 1.29 is 9.21 Å². The smallest absolute Gasteiger partial charge is 0.294 e. The number of benzene rings is 2. The van der Waals surface area contributed by atoms with E-state index in [9.17, 15) is 4.79 Å². The van der Waals surface area contributed by atoms with Crippen LogP contribution in [0.1, 0.15) is 46.5 Å². The van der Waals surface area contributed by atoms with Gasteiger partial charge in [-0.05, 0) is 49.6 Å². The van der Waals surface area contributed by atoms with E-state index in [1.165, 1.54) is 16.7 Å². The highest BCUT2D eigenvalue weighted by Crippen LogP contribution is 2.43. The van der Waals surface area contributed by atoms with E-state index in [1.54, 1.807) is 18.4 Å². The number of carbonyl (C=O) groups is 1. The van der Waals surface area contributed by atoms with E-state index in [-0.39, 0.29) is 11.9 Å². The summed E-state index contributed by atoms with van der Waals surface area (Å²) < 4.78 is 5.36. The van der Waals surface area contributed by atoms with Crippen LogP contribution in [0.4, 0.5) is 5.69 Å². The molecule has 0 aliphatic carbocycles.